The lowest BCUT2D eigenvalue weighted by atomic mass is 10.1. The third-order valence-corrected chi connectivity index (χ3v) is 4.94. The van der Waals surface area contributed by atoms with Gasteiger partial charge >= 0.3 is 0 Å². The van der Waals surface area contributed by atoms with Crippen LogP contribution in [0.15, 0.2) is 0 Å². The van der Waals surface area contributed by atoms with Gasteiger partial charge in [-0.05, 0) is 25.8 Å². The molecule has 0 aromatic carbocycles. The molecular weight excluding hydrogens is 264 g/mol. The van der Waals surface area contributed by atoms with Crippen LogP contribution in [0.2, 0.25) is 0 Å². The molecule has 2 atom stereocenters. The van der Waals surface area contributed by atoms with Crippen LogP contribution < -0.4 is 10.0 Å². The summed E-state index contributed by atoms with van der Waals surface area (Å²) in [4.78, 5) is 0. The third kappa shape index (κ3) is 7.25. The Labute approximate surface area is 117 Å². The molecule has 0 heterocycles. The number of hydrogen-bond acceptors (Lipinski definition) is 4. The lowest BCUT2D eigenvalue weighted by Crippen LogP contribution is -2.43. The van der Waals surface area contributed by atoms with Crippen LogP contribution >= 0.6 is 0 Å². The Bertz CT molecular complexity index is 344. The minimum absolute atomic E-state index is 0.121. The van der Waals surface area contributed by atoms with E-state index in [1.165, 1.54) is 0 Å². The number of aliphatic hydroxyl groups excluding tert-OH is 1. The van der Waals surface area contributed by atoms with Gasteiger partial charge in [0.1, 0.15) is 0 Å². The number of nitrogens with one attached hydrogen (secondary N) is 2. The Morgan fingerprint density at radius 1 is 1.21 bits per heavy atom. The fourth-order valence-corrected chi connectivity index (χ4v) is 3.75. The Balaban J connectivity index is 2.35. The quantitative estimate of drug-likeness (QED) is 0.483. The lowest BCUT2D eigenvalue weighted by Gasteiger charge is -2.21. The normalized spacial score (nSPS) is 25.5. The van der Waals surface area contributed by atoms with Crippen molar-refractivity contribution in [1.82, 2.24) is 10.0 Å². The first-order valence-electron chi connectivity index (χ1n) is 7.32. The van der Waals surface area contributed by atoms with Gasteiger partial charge in [0, 0.05) is 12.1 Å². The van der Waals surface area contributed by atoms with Crippen molar-refractivity contribution in [2.24, 2.45) is 0 Å². The second-order valence-corrected chi connectivity index (χ2v) is 7.58. The van der Waals surface area contributed by atoms with Crippen LogP contribution in [0.3, 0.4) is 0 Å². The van der Waals surface area contributed by atoms with Gasteiger partial charge in [-0.1, -0.05) is 33.1 Å². The van der Waals surface area contributed by atoms with Gasteiger partial charge in [0.15, 0.2) is 0 Å². The van der Waals surface area contributed by atoms with Crippen LogP contribution in [-0.2, 0) is 10.0 Å². The summed E-state index contributed by atoms with van der Waals surface area (Å²) >= 11 is 0. The van der Waals surface area contributed by atoms with E-state index in [-0.39, 0.29) is 11.8 Å². The Morgan fingerprint density at radius 2 is 1.89 bits per heavy atom. The molecule has 1 fully saturated rings. The van der Waals surface area contributed by atoms with Crippen LogP contribution in [-0.4, -0.2) is 44.0 Å². The molecule has 5 nitrogen and oxygen atoms in total. The van der Waals surface area contributed by atoms with Gasteiger partial charge in [-0.15, -0.1) is 0 Å². The molecule has 114 valence electrons. The van der Waals surface area contributed by atoms with Crippen LogP contribution in [0.5, 0.6) is 0 Å². The van der Waals surface area contributed by atoms with Crippen LogP contribution in [0.4, 0.5) is 0 Å². The number of sulfonamides is 1. The molecule has 2 unspecified atom stereocenters. The van der Waals surface area contributed by atoms with Gasteiger partial charge in [-0.2, -0.15) is 0 Å². The summed E-state index contributed by atoms with van der Waals surface area (Å²) in [6.07, 6.45) is 4.54. The summed E-state index contributed by atoms with van der Waals surface area (Å²) in [5.74, 6) is 0.121. The minimum Gasteiger partial charge on any atom is -0.391 e. The predicted molar refractivity (Wildman–Crippen MR) is 77.6 cm³/mol. The summed E-state index contributed by atoms with van der Waals surface area (Å²) in [6, 6.07) is 0.0740. The van der Waals surface area contributed by atoms with Crippen molar-refractivity contribution >= 4 is 10.0 Å². The fraction of sp³-hybridized carbons (Fsp3) is 1.00. The third-order valence-electron chi connectivity index (χ3n) is 3.45. The zero-order valence-corrected chi connectivity index (χ0v) is 12.9. The molecule has 0 saturated heterocycles. The van der Waals surface area contributed by atoms with Gasteiger partial charge in [-0.3, -0.25) is 0 Å². The summed E-state index contributed by atoms with van der Waals surface area (Å²) in [5, 5.41) is 13.1. The molecule has 0 spiro atoms. The van der Waals surface area contributed by atoms with Crippen molar-refractivity contribution < 1.29 is 13.5 Å². The number of rotatable bonds is 7. The average molecular weight is 292 g/mol. The Hall–Kier alpha value is -0.170. The first-order chi connectivity index (χ1) is 8.91. The smallest absolute Gasteiger partial charge is 0.211 e. The van der Waals surface area contributed by atoms with Gasteiger partial charge in [0.05, 0.1) is 11.9 Å². The van der Waals surface area contributed by atoms with Crippen molar-refractivity contribution in [3.8, 4) is 0 Å². The maximum Gasteiger partial charge on any atom is 0.211 e. The van der Waals surface area contributed by atoms with Crippen LogP contribution in [0.1, 0.15) is 52.4 Å². The van der Waals surface area contributed by atoms with E-state index in [0.717, 1.165) is 25.7 Å². The highest BCUT2D eigenvalue weighted by Gasteiger charge is 2.25. The molecule has 0 radical (unpaired) electrons. The molecule has 0 aromatic rings. The van der Waals surface area contributed by atoms with E-state index >= 15 is 0 Å². The SMILES string of the molecule is CC(C)NCCCS(=O)(=O)NC1CCCCCC1O. The monoisotopic (exact) mass is 292 g/mol. The highest BCUT2D eigenvalue weighted by Crippen LogP contribution is 2.18. The zero-order chi connectivity index (χ0) is 14.3. The van der Waals surface area contributed by atoms with E-state index in [4.69, 9.17) is 0 Å². The molecular formula is C13H28N2O3S. The second kappa shape index (κ2) is 8.19. The topological polar surface area (TPSA) is 78.4 Å². The molecule has 1 aliphatic carbocycles. The molecule has 3 N–H and O–H groups in total. The Kier molecular flexibility index (Phi) is 7.28. The molecule has 0 bridgehead atoms. The number of hydrogen-bond donors (Lipinski definition) is 3. The van der Waals surface area contributed by atoms with Crippen molar-refractivity contribution in [2.45, 2.75) is 70.6 Å². The van der Waals surface area contributed by atoms with Gasteiger partial charge in [0.25, 0.3) is 0 Å². The van der Waals surface area contributed by atoms with Crippen molar-refractivity contribution in [2.75, 3.05) is 12.3 Å². The Morgan fingerprint density at radius 3 is 2.58 bits per heavy atom. The minimum atomic E-state index is -3.28. The molecule has 6 heteroatoms. The van der Waals surface area contributed by atoms with E-state index < -0.39 is 16.1 Å². The standard InChI is InChI=1S/C13H28N2O3S/c1-11(2)14-9-6-10-19(17,18)15-12-7-4-3-5-8-13(12)16/h11-16H,3-10H2,1-2H3. The summed E-state index contributed by atoms with van der Waals surface area (Å²) < 4.78 is 26.6. The van der Waals surface area contributed by atoms with E-state index in [2.05, 4.69) is 10.0 Å². The predicted octanol–water partition coefficient (Wildman–Crippen LogP) is 0.987. The zero-order valence-electron chi connectivity index (χ0n) is 12.1. The molecule has 1 aliphatic rings. The molecule has 0 aliphatic heterocycles. The van der Waals surface area contributed by atoms with Crippen molar-refractivity contribution in [3.63, 3.8) is 0 Å². The van der Waals surface area contributed by atoms with Crippen molar-refractivity contribution in [3.05, 3.63) is 0 Å². The number of aliphatic hydroxyl groups is 1. The maximum atomic E-state index is 12.0. The summed E-state index contributed by atoms with van der Waals surface area (Å²) in [6.45, 7) is 4.77. The highest BCUT2D eigenvalue weighted by molar-refractivity contribution is 7.89. The molecule has 0 amide bonds. The van der Waals surface area contributed by atoms with Gasteiger partial charge < -0.3 is 10.4 Å². The summed E-state index contributed by atoms with van der Waals surface area (Å²) in [5.41, 5.74) is 0. The maximum absolute atomic E-state index is 12.0. The largest absolute Gasteiger partial charge is 0.391 e. The molecule has 1 saturated carbocycles. The highest BCUT2D eigenvalue weighted by atomic mass is 32.2. The molecule has 19 heavy (non-hydrogen) atoms. The van der Waals surface area contributed by atoms with Crippen molar-refractivity contribution in [1.29, 1.82) is 0 Å². The van der Waals surface area contributed by atoms with E-state index in [1.807, 2.05) is 13.8 Å². The van der Waals surface area contributed by atoms with Gasteiger partial charge in [-0.25, -0.2) is 13.1 Å². The van der Waals surface area contributed by atoms with Crippen LogP contribution in [0, 0.1) is 0 Å². The second-order valence-electron chi connectivity index (χ2n) is 5.71. The van der Waals surface area contributed by atoms with E-state index in [1.54, 1.807) is 0 Å². The van der Waals surface area contributed by atoms with Crippen LogP contribution in [0.25, 0.3) is 0 Å². The average Bonchev–Trinajstić information content (AvgIpc) is 2.50. The first kappa shape index (κ1) is 16.9. The van der Waals surface area contributed by atoms with E-state index in [9.17, 15) is 13.5 Å². The fourth-order valence-electron chi connectivity index (χ4n) is 2.37. The van der Waals surface area contributed by atoms with Gasteiger partial charge in [0.2, 0.25) is 10.0 Å². The lowest BCUT2D eigenvalue weighted by molar-refractivity contribution is 0.130. The summed E-state index contributed by atoms with van der Waals surface area (Å²) in [7, 11) is -3.28. The van der Waals surface area contributed by atoms with E-state index in [0.29, 0.717) is 25.4 Å². The molecule has 0 aromatic heterocycles. The molecule has 1 rings (SSSR count). The first-order valence-corrected chi connectivity index (χ1v) is 8.97.